The highest BCUT2D eigenvalue weighted by Crippen LogP contribution is 3.02. The molecule has 0 N–H and O–H groups in total. The van der Waals surface area contributed by atoms with E-state index in [2.05, 4.69) is 0 Å². The Labute approximate surface area is 77.0 Å². The summed E-state index contributed by atoms with van der Waals surface area (Å²) in [6.45, 7) is 0. The van der Waals surface area contributed by atoms with Gasteiger partial charge in [-0.15, -0.1) is 0 Å². The highest BCUT2D eigenvalue weighted by molar-refractivity contribution is 8.45. The molecule has 1 aromatic carbocycles. The average molecular weight is 234 g/mol. The first-order chi connectivity index (χ1) is 5.90. The molecular formula is C6H5BF6S. The molecule has 8 heteroatoms. The first-order valence-corrected chi connectivity index (χ1v) is 5.35. The van der Waals surface area contributed by atoms with Gasteiger partial charge in [0.15, 0.2) is 0 Å². The molecule has 0 amide bonds. The standard InChI is InChI=1S/C6H5BF6S/c7-5-2-1-4(3-6(5)8)14(9,10,11,12)13/h1-3H,7H2. The van der Waals surface area contributed by atoms with Crippen LogP contribution in [-0.2, 0) is 0 Å². The minimum Gasteiger partial charge on any atom is -0.208 e. The van der Waals surface area contributed by atoms with Crippen LogP contribution in [0.5, 0.6) is 0 Å². The summed E-state index contributed by atoms with van der Waals surface area (Å²) in [6.07, 6.45) is 0. The second-order valence-electron chi connectivity index (χ2n) is 2.88. The van der Waals surface area contributed by atoms with Crippen molar-refractivity contribution in [2.45, 2.75) is 4.90 Å². The van der Waals surface area contributed by atoms with Gasteiger partial charge in [-0.2, -0.15) is 0 Å². The van der Waals surface area contributed by atoms with Gasteiger partial charge in [0.1, 0.15) is 18.6 Å². The summed E-state index contributed by atoms with van der Waals surface area (Å²) in [6, 6.07) is 0.666. The highest BCUT2D eigenvalue weighted by atomic mass is 32.5. The van der Waals surface area contributed by atoms with Crippen LogP contribution in [0.25, 0.3) is 0 Å². The number of rotatable bonds is 1. The van der Waals surface area contributed by atoms with Gasteiger partial charge in [0.05, 0.1) is 0 Å². The Hall–Kier alpha value is -0.785. The smallest absolute Gasteiger partial charge is 0.208 e. The van der Waals surface area contributed by atoms with Crippen LogP contribution in [0.15, 0.2) is 23.1 Å². The van der Waals surface area contributed by atoms with E-state index in [4.69, 9.17) is 0 Å². The predicted octanol–water partition coefficient (Wildman–Crippen LogP) is 2.74. The molecule has 0 aliphatic carbocycles. The van der Waals surface area contributed by atoms with Gasteiger partial charge in [-0.25, -0.2) is 4.39 Å². The highest BCUT2D eigenvalue weighted by Gasteiger charge is 2.65. The number of halogens is 6. The van der Waals surface area contributed by atoms with Gasteiger partial charge in [-0.3, -0.25) is 0 Å². The Balaban J connectivity index is 3.45. The summed E-state index contributed by atoms with van der Waals surface area (Å²) >= 11 is 0. The van der Waals surface area contributed by atoms with E-state index < -0.39 is 20.9 Å². The van der Waals surface area contributed by atoms with Crippen LogP contribution >= 0.6 is 10.2 Å². The Bertz CT molecular complexity index is 382. The van der Waals surface area contributed by atoms with Crippen molar-refractivity contribution in [2.75, 3.05) is 0 Å². The van der Waals surface area contributed by atoms with Crippen LogP contribution < -0.4 is 5.46 Å². The van der Waals surface area contributed by atoms with Gasteiger partial charge in [-0.05, 0) is 12.1 Å². The summed E-state index contributed by atoms with van der Waals surface area (Å²) in [4.78, 5) is -2.20. The lowest BCUT2D eigenvalue weighted by atomic mass is 9.96. The molecule has 0 aliphatic rings. The number of benzene rings is 1. The van der Waals surface area contributed by atoms with E-state index in [1.807, 2.05) is 0 Å². The van der Waals surface area contributed by atoms with Crippen molar-refractivity contribution < 1.29 is 23.8 Å². The fourth-order valence-corrected chi connectivity index (χ4v) is 1.46. The molecule has 0 saturated heterocycles. The van der Waals surface area contributed by atoms with E-state index in [9.17, 15) is 23.8 Å². The van der Waals surface area contributed by atoms with E-state index in [1.54, 1.807) is 0 Å². The normalized spacial score (nSPS) is 17.3. The monoisotopic (exact) mass is 234 g/mol. The zero-order chi connectivity index (χ0) is 11.3. The SMILES string of the molecule is Bc1ccc(S(F)(F)(F)(F)F)cc1F. The molecule has 0 nitrogen and oxygen atoms in total. The third kappa shape index (κ3) is 2.37. The third-order valence-corrected chi connectivity index (χ3v) is 2.73. The van der Waals surface area contributed by atoms with Gasteiger partial charge in [-0.1, -0.05) is 31.0 Å². The third-order valence-electron chi connectivity index (χ3n) is 1.59. The first-order valence-electron chi connectivity index (χ1n) is 3.40. The molecule has 0 aliphatic heterocycles. The van der Waals surface area contributed by atoms with Crippen molar-refractivity contribution in [3.05, 3.63) is 24.0 Å². The van der Waals surface area contributed by atoms with Gasteiger partial charge in [0.25, 0.3) is 0 Å². The van der Waals surface area contributed by atoms with Crippen molar-refractivity contribution in [1.29, 1.82) is 0 Å². The van der Waals surface area contributed by atoms with Gasteiger partial charge < -0.3 is 0 Å². The van der Waals surface area contributed by atoms with Crippen LogP contribution in [0.4, 0.5) is 23.8 Å². The van der Waals surface area contributed by atoms with E-state index in [-0.39, 0.29) is 17.6 Å². The molecule has 0 fully saturated rings. The lowest BCUT2D eigenvalue weighted by molar-refractivity contribution is 0.363. The van der Waals surface area contributed by atoms with Crippen molar-refractivity contribution in [3.63, 3.8) is 0 Å². The average Bonchev–Trinajstić information content (AvgIpc) is 1.89. The van der Waals surface area contributed by atoms with Gasteiger partial charge in [0, 0.05) is 0 Å². The minimum atomic E-state index is -9.73. The molecule has 0 spiro atoms. The summed E-state index contributed by atoms with van der Waals surface area (Å²) in [5.41, 5.74) is -0.115. The van der Waals surface area contributed by atoms with E-state index >= 15 is 0 Å². The Kier molecular flexibility index (Phi) is 1.80. The zero-order valence-corrected chi connectivity index (χ0v) is 7.72. The fourth-order valence-electron chi connectivity index (χ4n) is 0.814. The van der Waals surface area contributed by atoms with Gasteiger partial charge >= 0.3 is 10.2 Å². The summed E-state index contributed by atoms with van der Waals surface area (Å²) in [7, 11) is -8.54. The van der Waals surface area contributed by atoms with Crippen LogP contribution in [0.2, 0.25) is 0 Å². The largest absolute Gasteiger partial charge is 0.310 e. The molecule has 0 atom stereocenters. The summed E-state index contributed by atoms with van der Waals surface area (Å²) in [5.74, 6) is -1.30. The fraction of sp³-hybridized carbons (Fsp3) is 0. The first kappa shape index (κ1) is 11.3. The molecule has 0 saturated carbocycles. The van der Waals surface area contributed by atoms with Crippen LogP contribution in [0.3, 0.4) is 0 Å². The summed E-state index contributed by atoms with van der Waals surface area (Å²) < 4.78 is 73.1. The molecule has 14 heavy (non-hydrogen) atoms. The van der Waals surface area contributed by atoms with Crippen molar-refractivity contribution in [3.8, 4) is 0 Å². The second-order valence-corrected chi connectivity index (χ2v) is 5.29. The van der Waals surface area contributed by atoms with Crippen molar-refractivity contribution in [1.82, 2.24) is 0 Å². The molecule has 0 radical (unpaired) electrons. The molecule has 80 valence electrons. The minimum absolute atomic E-state index is 0.115. The maximum absolute atomic E-state index is 12.6. The topological polar surface area (TPSA) is 0 Å². The Morgan fingerprint density at radius 2 is 1.50 bits per heavy atom. The lowest BCUT2D eigenvalue weighted by Crippen LogP contribution is -2.12. The lowest BCUT2D eigenvalue weighted by Gasteiger charge is -2.40. The van der Waals surface area contributed by atoms with Crippen LogP contribution in [0, 0.1) is 5.82 Å². The van der Waals surface area contributed by atoms with E-state index in [1.165, 1.54) is 7.85 Å². The maximum atomic E-state index is 12.6. The molecular weight excluding hydrogens is 229 g/mol. The quantitative estimate of drug-likeness (QED) is 0.517. The van der Waals surface area contributed by atoms with E-state index in [0.29, 0.717) is 6.07 Å². The maximum Gasteiger partial charge on any atom is 0.310 e. The van der Waals surface area contributed by atoms with Crippen LogP contribution in [-0.4, -0.2) is 7.85 Å². The summed E-state index contributed by atoms with van der Waals surface area (Å²) in [5, 5.41) is 0. The Morgan fingerprint density at radius 3 is 1.86 bits per heavy atom. The number of hydrogen-bond donors (Lipinski definition) is 0. The molecule has 0 unspecified atom stereocenters. The van der Waals surface area contributed by atoms with Crippen molar-refractivity contribution >= 4 is 23.5 Å². The van der Waals surface area contributed by atoms with Crippen molar-refractivity contribution in [2.24, 2.45) is 0 Å². The second kappa shape index (κ2) is 2.24. The molecule has 1 aromatic rings. The molecule has 1 rings (SSSR count). The Morgan fingerprint density at radius 1 is 1.00 bits per heavy atom. The molecule has 0 heterocycles. The van der Waals surface area contributed by atoms with Crippen LogP contribution in [0.1, 0.15) is 0 Å². The van der Waals surface area contributed by atoms with E-state index in [0.717, 1.165) is 0 Å². The molecule has 0 aromatic heterocycles. The predicted molar refractivity (Wildman–Crippen MR) is 46.0 cm³/mol. The zero-order valence-electron chi connectivity index (χ0n) is 6.91. The van der Waals surface area contributed by atoms with Gasteiger partial charge in [0.2, 0.25) is 0 Å². The number of hydrogen-bond acceptors (Lipinski definition) is 0. The molecule has 0 bridgehead atoms.